The van der Waals surface area contributed by atoms with Crippen LogP contribution in [0.1, 0.15) is 31.7 Å². The molecule has 0 bridgehead atoms. The summed E-state index contributed by atoms with van der Waals surface area (Å²) < 4.78 is 70.4. The van der Waals surface area contributed by atoms with E-state index < -0.39 is 36.7 Å². The predicted octanol–water partition coefficient (Wildman–Crippen LogP) is 3.89. The lowest BCUT2D eigenvalue weighted by Crippen LogP contribution is -2.24. The van der Waals surface area contributed by atoms with Crippen LogP contribution in [0.15, 0.2) is 45.3 Å². The van der Waals surface area contributed by atoms with E-state index in [0.29, 0.717) is 8.95 Å². The number of carbonyl (C=O) groups is 2. The van der Waals surface area contributed by atoms with Crippen LogP contribution >= 0.6 is 47.8 Å². The number of alkyl halides is 1. The topological polar surface area (TPSA) is 90.6 Å². The molecule has 0 saturated carbocycles. The number of benzene rings is 2. The number of ether oxygens (including phenoxy) is 2. The van der Waals surface area contributed by atoms with Crippen LogP contribution in [0.4, 0.5) is 0 Å². The molecule has 9 heteroatoms. The van der Waals surface area contributed by atoms with Crippen molar-refractivity contribution >= 4 is 59.6 Å². The Morgan fingerprint density at radius 2 is 2.00 bits per heavy atom. The van der Waals surface area contributed by atoms with E-state index in [1.807, 2.05) is 5.32 Å². The van der Waals surface area contributed by atoms with E-state index in [4.69, 9.17) is 26.2 Å². The Hall–Kier alpha value is -1.58. The second-order valence-corrected chi connectivity index (χ2v) is 6.95. The van der Waals surface area contributed by atoms with Gasteiger partial charge >= 0.3 is 0 Å². The van der Waals surface area contributed by atoms with Gasteiger partial charge in [-0.3, -0.25) is 9.59 Å². The van der Waals surface area contributed by atoms with E-state index >= 15 is 0 Å². The zero-order valence-electron chi connectivity index (χ0n) is 21.3. The maximum Gasteiger partial charge on any atom is 0.255 e. The van der Waals surface area contributed by atoms with E-state index in [0.717, 1.165) is 0 Å². The third kappa shape index (κ3) is 6.51. The van der Waals surface area contributed by atoms with Crippen LogP contribution in [0.5, 0.6) is 11.5 Å². The lowest BCUT2D eigenvalue weighted by Gasteiger charge is -2.08. The molecule has 0 atom stereocenters. The monoisotopic (exact) mass is 570 g/mol. The van der Waals surface area contributed by atoms with Gasteiger partial charge in [0.1, 0.15) is 18.1 Å². The van der Waals surface area contributed by atoms with Crippen molar-refractivity contribution in [2.75, 3.05) is 24.9 Å². The minimum absolute atomic E-state index is 0.0112. The van der Waals surface area contributed by atoms with Crippen LogP contribution in [0.2, 0.25) is 0 Å². The van der Waals surface area contributed by atoms with Crippen LogP contribution in [-0.2, 0) is 0 Å². The summed E-state index contributed by atoms with van der Waals surface area (Å²) in [6, 6.07) is 8.68. The predicted molar refractivity (Wildman–Crippen MR) is 114 cm³/mol. The number of fused-ring (bicyclic) bond motifs is 1. The summed E-state index contributed by atoms with van der Waals surface area (Å²) in [5.74, 6) is -1.62. The summed E-state index contributed by atoms with van der Waals surface area (Å²) in [5, 5.41) is -0.449. The van der Waals surface area contributed by atoms with Crippen molar-refractivity contribution < 1.29 is 30.0 Å². The molecule has 0 saturated heterocycles. The van der Waals surface area contributed by atoms with Gasteiger partial charge in [0.25, 0.3) is 11.8 Å². The molecular weight excluding hydrogens is 548 g/mol. The smallest absolute Gasteiger partial charge is 0.255 e. The van der Waals surface area contributed by atoms with Gasteiger partial charge in [-0.1, -0.05) is 47.8 Å². The third-order valence-electron chi connectivity index (χ3n) is 2.98. The first-order valence-corrected chi connectivity index (χ1v) is 9.44. The molecule has 3 N–H and O–H groups in total. The lowest BCUT2D eigenvalue weighted by atomic mass is 10.2. The Labute approximate surface area is 193 Å². The highest BCUT2D eigenvalue weighted by molar-refractivity contribution is 9.10. The van der Waals surface area contributed by atoms with E-state index in [1.165, 1.54) is 30.3 Å². The van der Waals surface area contributed by atoms with E-state index in [1.54, 1.807) is 6.07 Å². The third-order valence-corrected chi connectivity index (χ3v) is 4.13. The number of hydrogen-bond donors (Lipinski definition) is 2. The maximum atomic E-state index is 11.7. The first-order valence-electron chi connectivity index (χ1n) is 11.1. The van der Waals surface area contributed by atoms with Gasteiger partial charge in [-0.25, -0.2) is 0 Å². The average molecular weight is 573 g/mol. The van der Waals surface area contributed by atoms with Crippen molar-refractivity contribution in [2.45, 2.75) is 0 Å². The van der Waals surface area contributed by atoms with E-state index in [2.05, 4.69) is 47.8 Å². The van der Waals surface area contributed by atoms with Crippen LogP contribution in [0.25, 0.3) is 0 Å². The lowest BCUT2D eigenvalue weighted by molar-refractivity contribution is 0.0955. The summed E-state index contributed by atoms with van der Waals surface area (Å²) in [4.78, 5) is 22.9. The first kappa shape index (κ1) is 12.8. The molecule has 2 aromatic rings. The molecule has 2 aromatic carbocycles. The fourth-order valence-corrected chi connectivity index (χ4v) is 2.66. The highest BCUT2D eigenvalue weighted by atomic mass is 79.9. The normalized spacial score (nSPS) is 21.7. The standard InChI is InChI=1S/C9H9Br2NO2.C9H8BrNO2/c10-3-4-14-8-2-1-6(11)5-7(8)9(12)13;10-6-1-2-8-7(5-6)9(12)11-3-4-13-8/h1-2,5H,3-4H2,(H2,12,13);1-2,5H,3-4H2,(H,11,12)/i2*3D2,4D2. The highest BCUT2D eigenvalue weighted by Crippen LogP contribution is 2.24. The summed E-state index contributed by atoms with van der Waals surface area (Å²) >= 11 is 8.86. The Balaban J connectivity index is 0.000000247. The van der Waals surface area contributed by atoms with Gasteiger partial charge in [0.15, 0.2) is 0 Å². The number of nitrogens with two attached hydrogens (primary N) is 1. The molecule has 0 fully saturated rings. The van der Waals surface area contributed by atoms with E-state index in [-0.39, 0.29) is 22.6 Å². The van der Waals surface area contributed by atoms with Gasteiger partial charge in [0, 0.05) is 17.0 Å². The molecule has 0 aromatic heterocycles. The van der Waals surface area contributed by atoms with Crippen molar-refractivity contribution in [2.24, 2.45) is 5.73 Å². The summed E-state index contributed by atoms with van der Waals surface area (Å²) in [7, 11) is 0. The van der Waals surface area contributed by atoms with Gasteiger partial charge < -0.3 is 20.5 Å². The van der Waals surface area contributed by atoms with Crippen molar-refractivity contribution in [3.05, 3.63) is 56.5 Å². The quantitative estimate of drug-likeness (QED) is 0.544. The Kier molecular flexibility index (Phi) is 5.06. The largest absolute Gasteiger partial charge is 0.492 e. The molecule has 0 unspecified atom stereocenters. The highest BCUT2D eigenvalue weighted by Gasteiger charge is 2.15. The molecule has 0 aliphatic carbocycles. The maximum absolute atomic E-state index is 11.7. The minimum Gasteiger partial charge on any atom is -0.492 e. The minimum atomic E-state index is -2.66. The van der Waals surface area contributed by atoms with Gasteiger partial charge in [0.2, 0.25) is 0 Å². The number of hydrogen-bond acceptors (Lipinski definition) is 4. The zero-order valence-corrected chi connectivity index (χ0v) is 18.1. The molecule has 3 rings (SSSR count). The zero-order chi connectivity index (χ0) is 27.0. The second-order valence-electron chi connectivity index (χ2n) is 4.73. The van der Waals surface area contributed by atoms with Crippen molar-refractivity contribution in [3.63, 3.8) is 0 Å². The molecule has 27 heavy (non-hydrogen) atoms. The summed E-state index contributed by atoms with van der Waals surface area (Å²) in [6.45, 7) is -7.90. The average Bonchev–Trinajstić information content (AvgIpc) is 2.75. The van der Waals surface area contributed by atoms with Crippen LogP contribution < -0.4 is 20.5 Å². The Bertz CT molecular complexity index is 1150. The first-order chi connectivity index (χ1) is 15.8. The summed E-state index contributed by atoms with van der Waals surface area (Å²) in [5.41, 5.74) is 5.19. The molecule has 144 valence electrons. The number of nitrogens with one attached hydrogen (secondary N) is 1. The second kappa shape index (κ2) is 10.7. The molecule has 1 aliphatic rings. The van der Waals surface area contributed by atoms with Crippen LogP contribution in [0.3, 0.4) is 0 Å². The Morgan fingerprint density at radius 3 is 2.70 bits per heavy atom. The number of halogens is 3. The van der Waals surface area contributed by atoms with Gasteiger partial charge in [-0.15, -0.1) is 0 Å². The van der Waals surface area contributed by atoms with E-state index in [9.17, 15) is 9.59 Å². The number of primary amides is 1. The van der Waals surface area contributed by atoms with Gasteiger partial charge in [-0.2, -0.15) is 0 Å². The molecule has 1 heterocycles. The van der Waals surface area contributed by atoms with Crippen molar-refractivity contribution in [3.8, 4) is 11.5 Å². The molecule has 2 amide bonds. The van der Waals surface area contributed by atoms with Crippen molar-refractivity contribution in [1.29, 1.82) is 0 Å². The molecule has 0 radical (unpaired) electrons. The van der Waals surface area contributed by atoms with Crippen molar-refractivity contribution in [1.82, 2.24) is 5.32 Å². The fourth-order valence-electron chi connectivity index (χ4n) is 1.86. The molecule has 0 spiro atoms. The molecule has 1 aliphatic heterocycles. The van der Waals surface area contributed by atoms with Crippen LogP contribution in [0, 0.1) is 0 Å². The van der Waals surface area contributed by atoms with Gasteiger partial charge in [0.05, 0.1) is 32.4 Å². The van der Waals surface area contributed by atoms with Gasteiger partial charge in [-0.05, 0) is 36.4 Å². The Morgan fingerprint density at radius 1 is 1.30 bits per heavy atom. The SMILES string of the molecule is [2H]C([2H])(Br)C([2H])([2H])Oc1ccc(Br)cc1C(N)=O.[2H]C1([2H])NC(=O)c2cc(Br)ccc2OC1([2H])[2H]. The number of carbonyl (C=O) groups excluding carboxylic acids is 2. The fraction of sp³-hybridized carbons (Fsp3) is 0.222. The summed E-state index contributed by atoms with van der Waals surface area (Å²) in [6.07, 6.45) is 0. The number of amides is 2. The number of rotatable bonds is 4. The molecular formula is C18H17Br3N2O4. The van der Waals surface area contributed by atoms with Crippen LogP contribution in [-0.4, -0.2) is 36.7 Å². The molecule has 6 nitrogen and oxygen atoms in total.